The van der Waals surface area contributed by atoms with Crippen molar-refractivity contribution in [1.29, 1.82) is 0 Å². The zero-order valence-electron chi connectivity index (χ0n) is 27.6. The first-order valence-electron chi connectivity index (χ1n) is 16.3. The highest BCUT2D eigenvalue weighted by molar-refractivity contribution is 6.04. The molecule has 0 bridgehead atoms. The summed E-state index contributed by atoms with van der Waals surface area (Å²) in [6, 6.07) is 39.0. The molecule has 7 heteroatoms. The van der Waals surface area contributed by atoms with Crippen molar-refractivity contribution in [2.45, 2.75) is 81.0 Å². The Morgan fingerprint density at radius 2 is 0.872 bits per heavy atom. The van der Waals surface area contributed by atoms with Crippen LogP contribution in [0.2, 0.25) is 0 Å². The van der Waals surface area contributed by atoms with Gasteiger partial charge in [-0.2, -0.15) is 0 Å². The highest BCUT2D eigenvalue weighted by Crippen LogP contribution is 2.67. The van der Waals surface area contributed by atoms with E-state index in [1.807, 2.05) is 135 Å². The van der Waals surface area contributed by atoms with Gasteiger partial charge in [0.05, 0.1) is 0 Å². The van der Waals surface area contributed by atoms with Crippen molar-refractivity contribution in [3.05, 3.63) is 144 Å². The second-order valence-electron chi connectivity index (χ2n) is 14.0. The molecular weight excluding hydrogens is 586 g/mol. The summed E-state index contributed by atoms with van der Waals surface area (Å²) in [5.41, 5.74) is 0.187. The second-order valence-corrected chi connectivity index (χ2v) is 14.0. The van der Waals surface area contributed by atoms with Crippen molar-refractivity contribution < 1.29 is 19.1 Å². The number of ether oxygens (including phenoxy) is 1. The predicted octanol–water partition coefficient (Wildman–Crippen LogP) is 6.79. The molecule has 4 aromatic carbocycles. The highest BCUT2D eigenvalue weighted by atomic mass is 16.6. The van der Waals surface area contributed by atoms with Gasteiger partial charge in [0.1, 0.15) is 16.7 Å². The van der Waals surface area contributed by atoms with E-state index in [9.17, 15) is 9.59 Å². The third-order valence-corrected chi connectivity index (χ3v) is 9.24. The molecule has 7 nitrogen and oxygen atoms in total. The van der Waals surface area contributed by atoms with Gasteiger partial charge in [0.2, 0.25) is 11.8 Å². The van der Waals surface area contributed by atoms with Crippen LogP contribution in [0, 0.1) is 0 Å². The number of carbonyl (C=O) groups excluding carboxylic acids is 3. The van der Waals surface area contributed by atoms with Crippen molar-refractivity contribution >= 4 is 17.9 Å². The van der Waals surface area contributed by atoms with E-state index in [1.54, 1.807) is 20.8 Å². The lowest BCUT2D eigenvalue weighted by Gasteiger charge is -2.28. The number of hydrogen-bond donors (Lipinski definition) is 3. The molecule has 2 fully saturated rings. The molecule has 4 aromatic rings. The maximum atomic E-state index is 15.2. The van der Waals surface area contributed by atoms with Gasteiger partial charge in [-0.05, 0) is 56.9 Å². The van der Waals surface area contributed by atoms with Crippen LogP contribution in [-0.4, -0.2) is 40.6 Å². The molecule has 2 aliphatic carbocycles. The quantitative estimate of drug-likeness (QED) is 0.190. The van der Waals surface area contributed by atoms with E-state index in [2.05, 4.69) is 16.0 Å². The predicted molar refractivity (Wildman–Crippen MR) is 183 cm³/mol. The number of benzene rings is 4. The van der Waals surface area contributed by atoms with Crippen molar-refractivity contribution in [2.75, 3.05) is 0 Å². The van der Waals surface area contributed by atoms with E-state index >= 15 is 4.79 Å². The molecule has 6 rings (SSSR count). The minimum Gasteiger partial charge on any atom is -0.444 e. The first-order chi connectivity index (χ1) is 22.5. The summed E-state index contributed by atoms with van der Waals surface area (Å²) in [5, 5.41) is 9.49. The third kappa shape index (κ3) is 6.02. The topological polar surface area (TPSA) is 96.5 Å². The monoisotopic (exact) mass is 629 g/mol. The Kier molecular flexibility index (Phi) is 8.43. The van der Waals surface area contributed by atoms with Gasteiger partial charge in [0.15, 0.2) is 0 Å². The van der Waals surface area contributed by atoms with Crippen LogP contribution < -0.4 is 16.0 Å². The molecule has 0 saturated heterocycles. The Bertz CT molecular complexity index is 1630. The Hall–Kier alpha value is -4.91. The van der Waals surface area contributed by atoms with Crippen molar-refractivity contribution in [2.24, 2.45) is 0 Å². The normalized spacial score (nSPS) is 26.2. The number of alkyl carbamates (subject to hydrolysis) is 1. The number of rotatable bonds is 9. The standard InChI is InChI=1S/C40H43N3O4/c1-26(2)41-35(44)39(31(27-18-10-6-11-19-27)32(39)28-20-12-7-13-21-28)42-36(45)40(43-37(46)47-38(3,4)5)33(29-22-14-8-15-23-29)34(40)30-24-16-9-17-25-30/h6-26,31-34H,1-5H3,(H,41,44)(H,42,45)(H,43,46)/t31-,32-,33+,34+/m0/s1. The minimum atomic E-state index is -1.43. The molecule has 242 valence electrons. The average molecular weight is 630 g/mol. The second kappa shape index (κ2) is 12.4. The SMILES string of the molecule is CC(C)NC(=O)C1(NC(=O)C2(NC(=O)OC(C)(C)C)[C@H](c3ccccc3)[C@H]2c2ccccc2)[C@@H](c2ccccc2)[C@@H]1c1ccccc1. The smallest absolute Gasteiger partial charge is 0.408 e. The summed E-state index contributed by atoms with van der Waals surface area (Å²) in [7, 11) is 0. The Morgan fingerprint density at radius 3 is 1.17 bits per heavy atom. The number of hydrogen-bond acceptors (Lipinski definition) is 4. The summed E-state index contributed by atoms with van der Waals surface area (Å²) in [4.78, 5) is 43.3. The number of amides is 3. The van der Waals surface area contributed by atoms with Gasteiger partial charge in [0.25, 0.3) is 0 Å². The van der Waals surface area contributed by atoms with Crippen molar-refractivity contribution in [1.82, 2.24) is 16.0 Å². The van der Waals surface area contributed by atoms with Crippen molar-refractivity contribution in [3.63, 3.8) is 0 Å². The van der Waals surface area contributed by atoms with Crippen LogP contribution in [0.5, 0.6) is 0 Å². The fourth-order valence-electron chi connectivity index (χ4n) is 7.37. The van der Waals surface area contributed by atoms with Crippen LogP contribution in [0.15, 0.2) is 121 Å². The zero-order valence-corrected chi connectivity index (χ0v) is 27.6. The largest absolute Gasteiger partial charge is 0.444 e. The van der Waals surface area contributed by atoms with Gasteiger partial charge >= 0.3 is 6.09 Å². The minimum absolute atomic E-state index is 0.159. The van der Waals surface area contributed by atoms with E-state index in [0.717, 1.165) is 22.3 Å². The molecule has 0 unspecified atom stereocenters. The lowest BCUT2D eigenvalue weighted by Crippen LogP contribution is -2.59. The highest BCUT2D eigenvalue weighted by Gasteiger charge is 2.77. The Morgan fingerprint density at radius 1 is 0.553 bits per heavy atom. The first-order valence-corrected chi connectivity index (χ1v) is 16.3. The molecule has 2 saturated carbocycles. The molecule has 2 aliphatic rings. The zero-order chi connectivity index (χ0) is 33.4. The third-order valence-electron chi connectivity index (χ3n) is 9.24. The van der Waals surface area contributed by atoms with E-state index in [4.69, 9.17) is 4.74 Å². The fourth-order valence-corrected chi connectivity index (χ4v) is 7.37. The van der Waals surface area contributed by atoms with E-state index in [0.29, 0.717) is 0 Å². The van der Waals surface area contributed by atoms with Crippen LogP contribution >= 0.6 is 0 Å². The van der Waals surface area contributed by atoms with Crippen LogP contribution in [0.25, 0.3) is 0 Å². The molecule has 3 N–H and O–H groups in total. The molecule has 0 radical (unpaired) electrons. The molecule has 0 aliphatic heterocycles. The molecule has 0 aromatic heterocycles. The van der Waals surface area contributed by atoms with Crippen LogP contribution in [-0.2, 0) is 14.3 Å². The molecule has 0 heterocycles. The van der Waals surface area contributed by atoms with Gasteiger partial charge in [0, 0.05) is 29.7 Å². The first kappa shape index (κ1) is 32.0. The summed E-state index contributed by atoms with van der Waals surface area (Å²) in [6.45, 7) is 9.20. The Labute approximate surface area is 277 Å². The van der Waals surface area contributed by atoms with Crippen LogP contribution in [0.3, 0.4) is 0 Å². The number of nitrogens with one attached hydrogen (secondary N) is 3. The summed E-state index contributed by atoms with van der Waals surface area (Å²) < 4.78 is 5.75. The molecule has 0 spiro atoms. The van der Waals surface area contributed by atoms with Gasteiger partial charge in [-0.1, -0.05) is 121 Å². The number of carbonyl (C=O) groups is 3. The van der Waals surface area contributed by atoms with Crippen LogP contribution in [0.4, 0.5) is 4.79 Å². The maximum Gasteiger partial charge on any atom is 0.408 e. The van der Waals surface area contributed by atoms with E-state index in [-0.39, 0.29) is 23.8 Å². The summed E-state index contributed by atoms with van der Waals surface area (Å²) in [6.07, 6.45) is -0.692. The van der Waals surface area contributed by atoms with Crippen molar-refractivity contribution in [3.8, 4) is 0 Å². The molecule has 4 atom stereocenters. The fraction of sp³-hybridized carbons (Fsp3) is 0.325. The van der Waals surface area contributed by atoms with E-state index in [1.165, 1.54) is 0 Å². The average Bonchev–Trinajstić information content (AvgIpc) is 3.92. The lowest BCUT2D eigenvalue weighted by molar-refractivity contribution is -0.132. The van der Waals surface area contributed by atoms with Crippen LogP contribution in [0.1, 0.15) is 80.5 Å². The van der Waals surface area contributed by atoms with Gasteiger partial charge in [-0.3, -0.25) is 9.59 Å². The molecule has 47 heavy (non-hydrogen) atoms. The molecular formula is C40H43N3O4. The Balaban J connectivity index is 1.49. The lowest BCUT2D eigenvalue weighted by atomic mass is 10.0. The van der Waals surface area contributed by atoms with Gasteiger partial charge in [-0.15, -0.1) is 0 Å². The van der Waals surface area contributed by atoms with E-state index < -0.39 is 40.5 Å². The molecule has 3 amide bonds. The van der Waals surface area contributed by atoms with Gasteiger partial charge < -0.3 is 20.7 Å². The van der Waals surface area contributed by atoms with Gasteiger partial charge in [-0.25, -0.2) is 4.79 Å². The summed E-state index contributed by atoms with van der Waals surface area (Å²) >= 11 is 0. The maximum absolute atomic E-state index is 15.2. The summed E-state index contributed by atoms with van der Waals surface area (Å²) in [5.74, 6) is -2.18.